The van der Waals surface area contributed by atoms with Crippen LogP contribution in [0.3, 0.4) is 0 Å². The molecule has 0 spiro atoms. The molecule has 0 aliphatic heterocycles. The molecule has 1 aromatic heterocycles. The highest BCUT2D eigenvalue weighted by Gasteiger charge is 2.18. The van der Waals surface area contributed by atoms with Crippen LogP contribution in [0.5, 0.6) is 0 Å². The second-order valence-corrected chi connectivity index (χ2v) is 6.23. The lowest BCUT2D eigenvalue weighted by molar-refractivity contribution is -0.116. The minimum atomic E-state index is -1.08. The zero-order chi connectivity index (χ0) is 21.0. The Bertz CT molecular complexity index is 1050. The van der Waals surface area contributed by atoms with Gasteiger partial charge in [-0.1, -0.05) is 35.0 Å². The van der Waals surface area contributed by atoms with Gasteiger partial charge in [0.1, 0.15) is 11.6 Å². The van der Waals surface area contributed by atoms with Crippen LogP contribution in [-0.4, -0.2) is 29.1 Å². The number of ether oxygens (including phenoxy) is 1. The topological polar surface area (TPSA) is 94.3 Å². The van der Waals surface area contributed by atoms with Crippen LogP contribution in [0.4, 0.5) is 14.5 Å². The lowest BCUT2D eigenvalue weighted by atomic mass is 10.1. The largest absolute Gasteiger partial charge is 0.465 e. The molecule has 0 saturated heterocycles. The van der Waals surface area contributed by atoms with Crippen molar-refractivity contribution in [3.05, 3.63) is 65.1 Å². The third kappa shape index (κ3) is 4.81. The molecule has 0 atom stereocenters. The molecule has 1 amide bonds. The highest BCUT2D eigenvalue weighted by Crippen LogP contribution is 2.21. The maximum atomic E-state index is 13.9. The van der Waals surface area contributed by atoms with Gasteiger partial charge in [-0.25, -0.2) is 13.6 Å². The zero-order valence-electron chi connectivity index (χ0n) is 15.7. The summed E-state index contributed by atoms with van der Waals surface area (Å²) >= 11 is 0. The second-order valence-electron chi connectivity index (χ2n) is 6.23. The van der Waals surface area contributed by atoms with Crippen LogP contribution in [0.25, 0.3) is 11.4 Å². The summed E-state index contributed by atoms with van der Waals surface area (Å²) < 4.78 is 37.1. The van der Waals surface area contributed by atoms with E-state index in [-0.39, 0.29) is 24.4 Å². The summed E-state index contributed by atoms with van der Waals surface area (Å²) in [5.74, 6) is -3.00. The average Bonchev–Trinajstić information content (AvgIpc) is 3.17. The van der Waals surface area contributed by atoms with Crippen LogP contribution in [-0.2, 0) is 16.0 Å². The number of amides is 1. The molecule has 3 aromatic rings. The summed E-state index contributed by atoms with van der Waals surface area (Å²) in [4.78, 5) is 27.8. The predicted molar refractivity (Wildman–Crippen MR) is 99.1 cm³/mol. The Hall–Kier alpha value is -3.62. The second kappa shape index (κ2) is 8.59. The first-order chi connectivity index (χ1) is 13.9. The number of benzene rings is 2. The van der Waals surface area contributed by atoms with Crippen molar-refractivity contribution in [2.45, 2.75) is 19.8 Å². The van der Waals surface area contributed by atoms with Gasteiger partial charge in [-0.3, -0.25) is 4.79 Å². The maximum Gasteiger partial charge on any atom is 0.340 e. The zero-order valence-corrected chi connectivity index (χ0v) is 15.7. The first-order valence-electron chi connectivity index (χ1n) is 8.64. The highest BCUT2D eigenvalue weighted by molar-refractivity contribution is 5.94. The van der Waals surface area contributed by atoms with Gasteiger partial charge in [0.25, 0.3) is 0 Å². The Labute approximate surface area is 164 Å². The summed E-state index contributed by atoms with van der Waals surface area (Å²) in [7, 11) is 1.07. The third-order valence-electron chi connectivity index (χ3n) is 4.08. The molecule has 0 saturated carbocycles. The number of hydrogen-bond acceptors (Lipinski definition) is 6. The van der Waals surface area contributed by atoms with E-state index in [1.165, 1.54) is 0 Å². The Kier molecular flexibility index (Phi) is 5.96. The fourth-order valence-corrected chi connectivity index (χ4v) is 2.52. The lowest BCUT2D eigenvalue weighted by Crippen LogP contribution is -2.15. The number of nitrogens with one attached hydrogen (secondary N) is 1. The molecule has 0 unspecified atom stereocenters. The number of rotatable bonds is 6. The minimum absolute atomic E-state index is 0.0834. The number of aryl methyl sites for hydroxylation is 2. The van der Waals surface area contributed by atoms with Gasteiger partial charge >= 0.3 is 5.97 Å². The first-order valence-corrected chi connectivity index (χ1v) is 8.64. The molecule has 7 nitrogen and oxygen atoms in total. The van der Waals surface area contributed by atoms with Crippen molar-refractivity contribution >= 4 is 17.6 Å². The third-order valence-corrected chi connectivity index (χ3v) is 4.08. The number of esters is 1. The molecule has 9 heteroatoms. The van der Waals surface area contributed by atoms with Gasteiger partial charge in [-0.2, -0.15) is 4.98 Å². The summed E-state index contributed by atoms with van der Waals surface area (Å²) in [5, 5.41) is 6.16. The summed E-state index contributed by atoms with van der Waals surface area (Å²) in [6.45, 7) is 1.96. The van der Waals surface area contributed by atoms with Crippen molar-refractivity contribution in [1.29, 1.82) is 0 Å². The van der Waals surface area contributed by atoms with Gasteiger partial charge in [0.2, 0.25) is 17.6 Å². The monoisotopic (exact) mass is 401 g/mol. The standard InChI is InChI=1S/C20H17F2N3O4/c1-11-3-5-12(6-4-11)19-24-18(29-25-19)8-7-17(26)23-16-9-13(20(27)28-2)14(21)10-15(16)22/h3-6,9-10H,7-8H2,1-2H3,(H,23,26). The molecule has 29 heavy (non-hydrogen) atoms. The number of nitrogens with zero attached hydrogens (tertiary/aromatic N) is 2. The molecule has 3 rings (SSSR count). The van der Waals surface area contributed by atoms with Crippen LogP contribution in [0.2, 0.25) is 0 Å². The van der Waals surface area contributed by atoms with E-state index in [4.69, 9.17) is 4.52 Å². The van der Waals surface area contributed by atoms with Gasteiger partial charge in [0.05, 0.1) is 18.4 Å². The van der Waals surface area contributed by atoms with Crippen molar-refractivity contribution in [2.75, 3.05) is 12.4 Å². The summed E-state index contributed by atoms with van der Waals surface area (Å²) in [6, 6.07) is 8.93. The van der Waals surface area contributed by atoms with Gasteiger partial charge in [0, 0.05) is 24.5 Å². The Balaban J connectivity index is 1.63. The fraction of sp³-hybridized carbons (Fsp3) is 0.200. The molecule has 150 valence electrons. The van der Waals surface area contributed by atoms with E-state index in [2.05, 4.69) is 20.2 Å². The number of methoxy groups -OCH3 is 1. The van der Waals surface area contributed by atoms with Crippen molar-refractivity contribution in [3.8, 4) is 11.4 Å². The van der Waals surface area contributed by atoms with Crippen LogP contribution in [0.15, 0.2) is 40.9 Å². The van der Waals surface area contributed by atoms with E-state index in [1.807, 2.05) is 31.2 Å². The molecular formula is C20H17F2N3O4. The molecule has 1 N–H and O–H groups in total. The molecule has 0 bridgehead atoms. The van der Waals surface area contributed by atoms with E-state index in [1.54, 1.807) is 0 Å². The van der Waals surface area contributed by atoms with Crippen molar-refractivity contribution in [2.24, 2.45) is 0 Å². The van der Waals surface area contributed by atoms with Crippen molar-refractivity contribution in [1.82, 2.24) is 10.1 Å². The van der Waals surface area contributed by atoms with Gasteiger partial charge in [0.15, 0.2) is 0 Å². The summed E-state index contributed by atoms with van der Waals surface area (Å²) in [5.41, 5.74) is 1.06. The van der Waals surface area contributed by atoms with E-state index >= 15 is 0 Å². The van der Waals surface area contributed by atoms with E-state index < -0.39 is 29.1 Å². The maximum absolute atomic E-state index is 13.9. The number of aromatic nitrogens is 2. The SMILES string of the molecule is COC(=O)c1cc(NC(=O)CCc2nc(-c3ccc(C)cc3)no2)c(F)cc1F. The molecule has 2 aromatic carbocycles. The molecule has 1 heterocycles. The predicted octanol–water partition coefficient (Wildman–Crippen LogP) is 3.68. The summed E-state index contributed by atoms with van der Waals surface area (Å²) in [6.07, 6.45) is 0.0390. The van der Waals surface area contributed by atoms with Crippen molar-refractivity contribution in [3.63, 3.8) is 0 Å². The lowest BCUT2D eigenvalue weighted by Gasteiger charge is -2.08. The number of anilines is 1. The van der Waals surface area contributed by atoms with Gasteiger partial charge in [-0.15, -0.1) is 0 Å². The Morgan fingerprint density at radius 2 is 1.86 bits per heavy atom. The van der Waals surface area contributed by atoms with Crippen LogP contribution in [0, 0.1) is 18.6 Å². The quantitative estimate of drug-likeness (QED) is 0.633. The van der Waals surface area contributed by atoms with E-state index in [9.17, 15) is 18.4 Å². The number of hydrogen-bond donors (Lipinski definition) is 1. The van der Waals surface area contributed by atoms with Crippen LogP contribution in [0.1, 0.15) is 28.2 Å². The molecule has 0 radical (unpaired) electrons. The molecular weight excluding hydrogens is 384 g/mol. The molecule has 0 fully saturated rings. The average molecular weight is 401 g/mol. The van der Waals surface area contributed by atoms with Crippen molar-refractivity contribution < 1.29 is 27.6 Å². The van der Waals surface area contributed by atoms with E-state index in [0.29, 0.717) is 11.9 Å². The van der Waals surface area contributed by atoms with Crippen LogP contribution < -0.4 is 5.32 Å². The Morgan fingerprint density at radius 3 is 2.55 bits per heavy atom. The van der Waals surface area contributed by atoms with Gasteiger partial charge < -0.3 is 14.6 Å². The minimum Gasteiger partial charge on any atom is -0.465 e. The molecule has 0 aliphatic carbocycles. The number of carbonyl (C=O) groups excluding carboxylic acids is 2. The first kappa shape index (κ1) is 20.1. The smallest absolute Gasteiger partial charge is 0.340 e. The molecule has 0 aliphatic rings. The van der Waals surface area contributed by atoms with Crippen LogP contribution >= 0.6 is 0 Å². The van der Waals surface area contributed by atoms with Gasteiger partial charge in [-0.05, 0) is 13.0 Å². The number of carbonyl (C=O) groups is 2. The fourth-order valence-electron chi connectivity index (χ4n) is 2.52. The normalized spacial score (nSPS) is 10.6. The Morgan fingerprint density at radius 1 is 1.14 bits per heavy atom. The number of halogens is 2. The van der Waals surface area contributed by atoms with E-state index in [0.717, 1.165) is 24.3 Å². The highest BCUT2D eigenvalue weighted by atomic mass is 19.1.